The summed E-state index contributed by atoms with van der Waals surface area (Å²) in [5.41, 5.74) is 3.00. The van der Waals surface area contributed by atoms with Crippen molar-refractivity contribution in [3.8, 4) is 0 Å². The summed E-state index contributed by atoms with van der Waals surface area (Å²) < 4.78 is 13.5. The second-order valence-electron chi connectivity index (χ2n) is 5.60. The van der Waals surface area contributed by atoms with Gasteiger partial charge in [0, 0.05) is 6.04 Å². The van der Waals surface area contributed by atoms with Crippen LogP contribution in [0.25, 0.3) is 0 Å². The highest BCUT2D eigenvalue weighted by Crippen LogP contribution is 2.51. The molecular weight excluding hydrogens is 213 g/mol. The Morgan fingerprint density at radius 3 is 2.71 bits per heavy atom. The van der Waals surface area contributed by atoms with Crippen LogP contribution in [-0.4, -0.2) is 7.05 Å². The largest absolute Gasteiger partial charge is 0.313 e. The van der Waals surface area contributed by atoms with Gasteiger partial charge in [-0.2, -0.15) is 0 Å². The molecule has 0 amide bonds. The van der Waals surface area contributed by atoms with Gasteiger partial charge in [-0.25, -0.2) is 4.39 Å². The van der Waals surface area contributed by atoms with E-state index in [0.717, 1.165) is 6.42 Å². The van der Waals surface area contributed by atoms with Gasteiger partial charge < -0.3 is 5.32 Å². The Hall–Kier alpha value is -0.890. The van der Waals surface area contributed by atoms with E-state index in [-0.39, 0.29) is 5.82 Å². The Bertz CT molecular complexity index is 421. The second kappa shape index (κ2) is 4.09. The minimum Gasteiger partial charge on any atom is -0.313 e. The lowest BCUT2D eigenvalue weighted by Crippen LogP contribution is -2.33. The summed E-state index contributed by atoms with van der Waals surface area (Å²) >= 11 is 0. The average molecular weight is 233 g/mol. The van der Waals surface area contributed by atoms with E-state index < -0.39 is 0 Å². The molecule has 1 spiro atoms. The zero-order chi connectivity index (χ0) is 11.9. The molecule has 0 heterocycles. The maximum absolute atomic E-state index is 13.5. The fourth-order valence-electron chi connectivity index (χ4n) is 3.89. The standard InChI is InChI=1S/C15H20FN/c1-17-14-6-9-15(7-2-3-8-15)13-5-4-11(16)10-12(13)14/h4-5,10,14,17H,2-3,6-9H2,1H3. The average Bonchev–Trinajstić information content (AvgIpc) is 2.79. The maximum atomic E-state index is 13.5. The molecule has 2 aliphatic carbocycles. The number of hydrogen-bond donors (Lipinski definition) is 1. The van der Waals surface area contributed by atoms with Gasteiger partial charge in [0.1, 0.15) is 5.82 Å². The smallest absolute Gasteiger partial charge is 0.123 e. The molecule has 1 aromatic carbocycles. The summed E-state index contributed by atoms with van der Waals surface area (Å²) in [6.45, 7) is 0. The predicted molar refractivity (Wildman–Crippen MR) is 67.6 cm³/mol. The van der Waals surface area contributed by atoms with Gasteiger partial charge in [0.25, 0.3) is 0 Å². The molecule has 3 rings (SSSR count). The van der Waals surface area contributed by atoms with Gasteiger partial charge in [0.15, 0.2) is 0 Å². The van der Waals surface area contributed by atoms with Crippen molar-refractivity contribution in [3.63, 3.8) is 0 Å². The molecule has 1 nitrogen and oxygen atoms in total. The monoisotopic (exact) mass is 233 g/mol. The van der Waals surface area contributed by atoms with Crippen LogP contribution in [0.1, 0.15) is 55.7 Å². The normalized spacial score (nSPS) is 26.1. The Morgan fingerprint density at radius 2 is 2.00 bits per heavy atom. The third-order valence-electron chi connectivity index (χ3n) is 4.78. The van der Waals surface area contributed by atoms with E-state index in [1.54, 1.807) is 12.1 Å². The SMILES string of the molecule is CNC1CCC2(CCCC2)c2ccc(F)cc21. The van der Waals surface area contributed by atoms with Crippen LogP contribution in [0.15, 0.2) is 18.2 Å². The summed E-state index contributed by atoms with van der Waals surface area (Å²) in [6.07, 6.45) is 7.66. The fraction of sp³-hybridized carbons (Fsp3) is 0.600. The first-order valence-corrected chi connectivity index (χ1v) is 6.72. The number of rotatable bonds is 1. The molecule has 1 aromatic rings. The van der Waals surface area contributed by atoms with Crippen LogP contribution in [0.3, 0.4) is 0 Å². The highest BCUT2D eigenvalue weighted by atomic mass is 19.1. The van der Waals surface area contributed by atoms with Gasteiger partial charge in [-0.1, -0.05) is 18.9 Å². The minimum absolute atomic E-state index is 0.0981. The van der Waals surface area contributed by atoms with Crippen LogP contribution in [0.2, 0.25) is 0 Å². The highest BCUT2D eigenvalue weighted by molar-refractivity contribution is 5.40. The molecular formula is C15H20FN. The van der Waals surface area contributed by atoms with Gasteiger partial charge in [0.05, 0.1) is 0 Å². The van der Waals surface area contributed by atoms with Crippen molar-refractivity contribution in [3.05, 3.63) is 35.1 Å². The number of halogens is 1. The van der Waals surface area contributed by atoms with E-state index in [1.165, 1.54) is 43.2 Å². The van der Waals surface area contributed by atoms with Gasteiger partial charge in [-0.3, -0.25) is 0 Å². The van der Waals surface area contributed by atoms with Crippen molar-refractivity contribution in [2.75, 3.05) is 7.05 Å². The van der Waals surface area contributed by atoms with Crippen molar-refractivity contribution in [2.45, 2.75) is 50.0 Å². The zero-order valence-electron chi connectivity index (χ0n) is 10.4. The zero-order valence-corrected chi connectivity index (χ0v) is 10.4. The van der Waals surface area contributed by atoms with E-state index in [0.29, 0.717) is 11.5 Å². The molecule has 0 bridgehead atoms. The second-order valence-corrected chi connectivity index (χ2v) is 5.60. The van der Waals surface area contributed by atoms with Crippen LogP contribution >= 0.6 is 0 Å². The summed E-state index contributed by atoms with van der Waals surface area (Å²) in [5.74, 6) is -0.0981. The van der Waals surface area contributed by atoms with Gasteiger partial charge in [0.2, 0.25) is 0 Å². The molecule has 17 heavy (non-hydrogen) atoms. The van der Waals surface area contributed by atoms with Crippen molar-refractivity contribution in [1.29, 1.82) is 0 Å². The van der Waals surface area contributed by atoms with E-state index in [2.05, 4.69) is 5.32 Å². The third-order valence-corrected chi connectivity index (χ3v) is 4.78. The minimum atomic E-state index is -0.0981. The first-order valence-electron chi connectivity index (χ1n) is 6.72. The summed E-state index contributed by atoms with van der Waals surface area (Å²) in [7, 11) is 1.98. The highest BCUT2D eigenvalue weighted by Gasteiger charge is 2.41. The van der Waals surface area contributed by atoms with Gasteiger partial charge >= 0.3 is 0 Å². The first kappa shape index (κ1) is 11.2. The Labute approximate surface area is 102 Å². The molecule has 0 saturated heterocycles. The van der Waals surface area contributed by atoms with E-state index in [4.69, 9.17) is 0 Å². The summed E-state index contributed by atoms with van der Waals surface area (Å²) in [5, 5.41) is 3.33. The number of fused-ring (bicyclic) bond motifs is 2. The molecule has 1 atom stereocenters. The number of nitrogens with one attached hydrogen (secondary N) is 1. The molecule has 2 heteroatoms. The molecule has 1 saturated carbocycles. The lowest BCUT2D eigenvalue weighted by Gasteiger charge is -2.39. The quantitative estimate of drug-likeness (QED) is 0.780. The maximum Gasteiger partial charge on any atom is 0.123 e. The van der Waals surface area contributed by atoms with Crippen LogP contribution in [0.4, 0.5) is 4.39 Å². The Kier molecular flexibility index (Phi) is 2.70. The van der Waals surface area contributed by atoms with Crippen LogP contribution in [0.5, 0.6) is 0 Å². The van der Waals surface area contributed by atoms with E-state index in [1.807, 2.05) is 13.1 Å². The van der Waals surface area contributed by atoms with Crippen LogP contribution < -0.4 is 5.32 Å². The van der Waals surface area contributed by atoms with Gasteiger partial charge in [-0.15, -0.1) is 0 Å². The molecule has 1 fully saturated rings. The van der Waals surface area contributed by atoms with E-state index in [9.17, 15) is 4.39 Å². The topological polar surface area (TPSA) is 12.0 Å². The molecule has 0 aliphatic heterocycles. The molecule has 92 valence electrons. The molecule has 2 aliphatic rings. The molecule has 0 aromatic heterocycles. The van der Waals surface area contributed by atoms with Crippen molar-refractivity contribution < 1.29 is 4.39 Å². The predicted octanol–water partition coefficient (Wildman–Crippen LogP) is 3.69. The lowest BCUT2D eigenvalue weighted by atomic mass is 9.67. The summed E-state index contributed by atoms with van der Waals surface area (Å²) in [4.78, 5) is 0. The third kappa shape index (κ3) is 1.70. The molecule has 1 N–H and O–H groups in total. The summed E-state index contributed by atoms with van der Waals surface area (Å²) in [6, 6.07) is 5.76. The number of benzene rings is 1. The fourth-order valence-corrected chi connectivity index (χ4v) is 3.89. The number of hydrogen-bond acceptors (Lipinski definition) is 1. The van der Waals surface area contributed by atoms with Crippen molar-refractivity contribution in [2.24, 2.45) is 0 Å². The molecule has 0 radical (unpaired) electrons. The Morgan fingerprint density at radius 1 is 1.24 bits per heavy atom. The Balaban J connectivity index is 2.10. The van der Waals surface area contributed by atoms with E-state index >= 15 is 0 Å². The first-order chi connectivity index (χ1) is 8.25. The van der Waals surface area contributed by atoms with Crippen molar-refractivity contribution >= 4 is 0 Å². The van der Waals surface area contributed by atoms with Crippen molar-refractivity contribution in [1.82, 2.24) is 5.32 Å². The lowest BCUT2D eigenvalue weighted by molar-refractivity contribution is 0.326. The van der Waals surface area contributed by atoms with Gasteiger partial charge in [-0.05, 0) is 61.4 Å². The molecule has 1 unspecified atom stereocenters. The van der Waals surface area contributed by atoms with Crippen LogP contribution in [-0.2, 0) is 5.41 Å². The van der Waals surface area contributed by atoms with Crippen LogP contribution in [0, 0.1) is 5.82 Å².